The van der Waals surface area contributed by atoms with E-state index >= 15 is 0 Å². The molecule has 1 radical (unpaired) electrons. The van der Waals surface area contributed by atoms with E-state index in [1.54, 1.807) is 0 Å². The van der Waals surface area contributed by atoms with Crippen molar-refractivity contribution < 1.29 is 9.59 Å². The molecule has 2 aromatic rings. The number of rotatable bonds is 0. The second kappa shape index (κ2) is 10.3. The molecule has 165 valence electrons. The van der Waals surface area contributed by atoms with Gasteiger partial charge in [0.1, 0.15) is 0 Å². The first kappa shape index (κ1) is 23.2. The van der Waals surface area contributed by atoms with Gasteiger partial charge in [0.2, 0.25) is 0 Å². The van der Waals surface area contributed by atoms with E-state index in [-0.39, 0.29) is 11.8 Å². The Morgan fingerprint density at radius 2 is 1.38 bits per heavy atom. The number of hydrogen-bond donors (Lipinski definition) is 3. The van der Waals surface area contributed by atoms with Crippen LogP contribution < -0.4 is 10.6 Å². The number of ketones is 2. The predicted molar refractivity (Wildman–Crippen MR) is 136 cm³/mol. The van der Waals surface area contributed by atoms with Gasteiger partial charge in [-0.2, -0.15) is 0 Å². The van der Waals surface area contributed by atoms with Gasteiger partial charge in [0, 0.05) is 50.9 Å². The monoisotopic (exact) mass is 510 g/mol. The summed E-state index contributed by atoms with van der Waals surface area (Å²) in [5.41, 5.74) is 3.77. The van der Waals surface area contributed by atoms with Gasteiger partial charge in [-0.15, -0.1) is 0 Å². The number of hydrogen-bond acceptors (Lipinski definition) is 6. The second-order valence-corrected chi connectivity index (χ2v) is 9.80. The molecule has 0 spiro atoms. The van der Waals surface area contributed by atoms with Crippen molar-refractivity contribution in [1.82, 2.24) is 0 Å². The fourth-order valence-corrected chi connectivity index (χ4v) is 5.72. The van der Waals surface area contributed by atoms with Crippen molar-refractivity contribution in [3.63, 3.8) is 0 Å². The number of para-hydroxylation sites is 1. The third-order valence-corrected chi connectivity index (χ3v) is 7.32. The summed E-state index contributed by atoms with van der Waals surface area (Å²) >= 11 is 6.60. The van der Waals surface area contributed by atoms with E-state index in [4.69, 9.17) is 0 Å². The Kier molecular flexibility index (Phi) is 7.51. The fourth-order valence-electron chi connectivity index (χ4n) is 5.36. The zero-order chi connectivity index (χ0) is 22.7. The molecule has 2 heterocycles. The van der Waals surface area contributed by atoms with E-state index in [0.717, 1.165) is 52.7 Å². The molecule has 2 aliphatic heterocycles. The van der Waals surface area contributed by atoms with Gasteiger partial charge in [-0.05, 0) is 56.0 Å². The summed E-state index contributed by atoms with van der Waals surface area (Å²) in [6.45, 7) is 0. The van der Waals surface area contributed by atoms with Gasteiger partial charge >= 0.3 is 24.8 Å². The minimum absolute atomic E-state index is 0.215. The molecule has 32 heavy (non-hydrogen) atoms. The number of fused-ring (bicyclic) bond motifs is 4. The fraction of sp³-hybridized carbons (Fsp3) is 0.417. The second-order valence-electron chi connectivity index (χ2n) is 8.66. The molecule has 0 saturated heterocycles. The Morgan fingerprint density at radius 1 is 0.844 bits per heavy atom. The van der Waals surface area contributed by atoms with E-state index in [1.165, 1.54) is 12.8 Å². The summed E-state index contributed by atoms with van der Waals surface area (Å²) in [6, 6.07) is 14.5. The van der Waals surface area contributed by atoms with Crippen LogP contribution in [0, 0.1) is 11.8 Å². The topological polar surface area (TPSA) is 70.6 Å². The normalized spacial score (nSPS) is 26.4. The molecule has 8 heteroatoms. The number of halogens is 1. The van der Waals surface area contributed by atoms with Crippen LogP contribution in [0.4, 0.5) is 11.4 Å². The summed E-state index contributed by atoms with van der Waals surface area (Å²) in [5.74, 6) is 1.13. The predicted octanol–water partition coefficient (Wildman–Crippen LogP) is 5.87. The summed E-state index contributed by atoms with van der Waals surface area (Å²) < 4.78 is 3.67. The Hall–Kier alpha value is -1.93. The van der Waals surface area contributed by atoms with Crippen molar-refractivity contribution in [2.24, 2.45) is 16.1 Å². The molecule has 4 aliphatic rings. The maximum atomic E-state index is 12.2. The van der Waals surface area contributed by atoms with Crippen LogP contribution in [0.2, 0.25) is 0 Å². The van der Waals surface area contributed by atoms with Gasteiger partial charge in [0.25, 0.3) is 0 Å². The number of benzene rings is 2. The molecule has 4 unspecified atom stereocenters. The van der Waals surface area contributed by atoms with E-state index < -0.39 is 0 Å². The van der Waals surface area contributed by atoms with Gasteiger partial charge < -0.3 is 10.6 Å². The van der Waals surface area contributed by atoms with E-state index in [0.29, 0.717) is 23.7 Å². The number of carbonyl (C=O) groups excluding carboxylic acids is 2. The van der Waals surface area contributed by atoms with Gasteiger partial charge in [-0.25, -0.2) is 0 Å². The van der Waals surface area contributed by atoms with Crippen LogP contribution in [0.15, 0.2) is 51.2 Å². The Balaban J connectivity index is 0.000000137. The van der Waals surface area contributed by atoms with Crippen molar-refractivity contribution in [2.75, 3.05) is 10.6 Å². The number of nitrogens with one attached hydrogen (secondary N) is 2. The van der Waals surface area contributed by atoms with Crippen LogP contribution in [0.3, 0.4) is 0 Å². The third kappa shape index (κ3) is 4.71. The molecule has 5 nitrogen and oxygen atoms in total. The van der Waals surface area contributed by atoms with Crippen molar-refractivity contribution in [2.45, 2.75) is 50.6 Å². The van der Waals surface area contributed by atoms with Gasteiger partial charge in [-0.3, -0.25) is 9.59 Å². The average molecular weight is 511 g/mol. The van der Waals surface area contributed by atoms with Crippen LogP contribution in [-0.2, 0) is 0 Å². The number of nitrogens with zero attached hydrogens (tertiary/aromatic N) is 1. The maximum absolute atomic E-state index is 12.2. The first-order valence-electron chi connectivity index (χ1n) is 11.1. The Bertz CT molecular complexity index is 1030. The number of anilines is 2. The number of Topliss-reactive ketones (excluding diaryl/α,β-unsaturated/α-hetero) is 2. The first-order valence-corrected chi connectivity index (χ1v) is 12.3. The molecule has 2 aliphatic carbocycles. The molecule has 2 fully saturated rings. The SMILES string of the molecule is O=C1c2cc(Br)ccc2NC2CCCC12.O=C1c2ccccc2NC2CCCC12.[B]=NS. The van der Waals surface area contributed by atoms with Crippen LogP contribution in [-0.4, -0.2) is 31.3 Å². The zero-order valence-electron chi connectivity index (χ0n) is 17.8. The Labute approximate surface area is 203 Å². The van der Waals surface area contributed by atoms with Crippen molar-refractivity contribution >= 4 is 59.3 Å². The van der Waals surface area contributed by atoms with Crippen molar-refractivity contribution in [1.29, 1.82) is 0 Å². The third-order valence-electron chi connectivity index (χ3n) is 6.83. The van der Waals surface area contributed by atoms with Crippen LogP contribution in [0.25, 0.3) is 0 Å². The van der Waals surface area contributed by atoms with Crippen LogP contribution in [0.5, 0.6) is 0 Å². The molecular formula is C24H26BBrN3O2S. The first-order chi connectivity index (χ1) is 15.5. The quantitative estimate of drug-likeness (QED) is 0.306. The molecule has 0 amide bonds. The Morgan fingerprint density at radius 3 is 2.00 bits per heavy atom. The minimum atomic E-state index is 0.215. The van der Waals surface area contributed by atoms with Gasteiger partial charge in [-0.1, -0.05) is 40.9 Å². The van der Waals surface area contributed by atoms with Gasteiger partial charge in [0.05, 0.1) is 0 Å². The molecule has 2 aromatic carbocycles. The summed E-state index contributed by atoms with van der Waals surface area (Å²) in [6.07, 6.45) is 6.73. The molecule has 0 aromatic heterocycles. The summed E-state index contributed by atoms with van der Waals surface area (Å²) in [7, 11) is 4.34. The van der Waals surface area contributed by atoms with Crippen molar-refractivity contribution in [3.8, 4) is 0 Å². The van der Waals surface area contributed by atoms with Gasteiger partial charge in [0.15, 0.2) is 11.6 Å². The molecular weight excluding hydrogens is 485 g/mol. The van der Waals surface area contributed by atoms with E-state index in [2.05, 4.69) is 51.3 Å². The van der Waals surface area contributed by atoms with E-state index in [9.17, 15) is 9.59 Å². The average Bonchev–Trinajstić information content (AvgIpc) is 3.45. The molecule has 4 atom stereocenters. The zero-order valence-corrected chi connectivity index (χ0v) is 20.2. The van der Waals surface area contributed by atoms with E-state index in [1.807, 2.05) is 42.5 Å². The van der Waals surface area contributed by atoms with Crippen molar-refractivity contribution in [3.05, 3.63) is 58.1 Å². The molecule has 2 N–H and O–H groups in total. The summed E-state index contributed by atoms with van der Waals surface area (Å²) in [5, 5.41) is 6.94. The van der Waals surface area contributed by atoms with Crippen LogP contribution >= 0.6 is 28.7 Å². The molecule has 0 bridgehead atoms. The molecule has 2 saturated carbocycles. The molecule has 6 rings (SSSR count). The summed E-state index contributed by atoms with van der Waals surface area (Å²) in [4.78, 5) is 24.2. The standard InChI is InChI=1S/C12H12BrNO.C12H13NO.BHNS/c13-7-4-5-11-9(6-7)12(15)8-2-1-3-10(8)14-11;14-12-8-4-1-2-6-10(8)13-11-7-3-5-9(11)12;1-2-3/h4-6,8,10,14H,1-3H2;1-2,4,6,9,11,13H,3,5,7H2;3H. The number of thiol groups is 1. The number of carbonyl (C=O) groups is 2. The van der Waals surface area contributed by atoms with Crippen LogP contribution in [0.1, 0.15) is 59.2 Å².